The largest absolute Gasteiger partial charge is 0.329 e. The van der Waals surface area contributed by atoms with Crippen molar-refractivity contribution in [2.24, 2.45) is 11.7 Å². The zero-order valence-electron chi connectivity index (χ0n) is 10.7. The number of halogens is 2. The van der Waals surface area contributed by atoms with E-state index in [9.17, 15) is 0 Å². The van der Waals surface area contributed by atoms with Gasteiger partial charge in [0.25, 0.3) is 0 Å². The van der Waals surface area contributed by atoms with Gasteiger partial charge in [-0.3, -0.25) is 4.90 Å². The SMILES string of the molecule is CCN(CC1CC1)C(CN)c1cc(Cl)cc(Cl)c1. The smallest absolute Gasteiger partial charge is 0.0471 e. The van der Waals surface area contributed by atoms with E-state index in [1.807, 2.05) is 12.1 Å². The van der Waals surface area contributed by atoms with Gasteiger partial charge in [0.05, 0.1) is 0 Å². The first-order valence-electron chi connectivity index (χ1n) is 6.54. The Morgan fingerprint density at radius 3 is 2.33 bits per heavy atom. The number of nitrogens with two attached hydrogens (primary N) is 1. The fraction of sp³-hybridized carbons (Fsp3) is 0.571. The van der Waals surface area contributed by atoms with Gasteiger partial charge in [0.2, 0.25) is 0 Å². The minimum Gasteiger partial charge on any atom is -0.329 e. The highest BCUT2D eigenvalue weighted by Crippen LogP contribution is 2.33. The molecule has 1 saturated carbocycles. The molecular weight excluding hydrogens is 267 g/mol. The van der Waals surface area contributed by atoms with Crippen LogP contribution < -0.4 is 5.73 Å². The molecular formula is C14H20Cl2N2. The second-order valence-corrected chi connectivity index (χ2v) is 5.86. The molecule has 0 aromatic heterocycles. The van der Waals surface area contributed by atoms with Crippen LogP contribution in [-0.2, 0) is 0 Å². The molecule has 0 bridgehead atoms. The Bertz CT molecular complexity index is 385. The van der Waals surface area contributed by atoms with Crippen LogP contribution in [0.25, 0.3) is 0 Å². The summed E-state index contributed by atoms with van der Waals surface area (Å²) in [5.74, 6) is 0.855. The predicted octanol–water partition coefficient (Wildman–Crippen LogP) is 3.73. The number of likely N-dealkylation sites (N-methyl/N-ethyl adjacent to an activating group) is 1. The molecule has 18 heavy (non-hydrogen) atoms. The van der Waals surface area contributed by atoms with Crippen molar-refractivity contribution >= 4 is 23.2 Å². The maximum atomic E-state index is 6.07. The topological polar surface area (TPSA) is 29.3 Å². The molecule has 0 aliphatic heterocycles. The molecule has 4 heteroatoms. The third-order valence-electron chi connectivity index (χ3n) is 3.53. The minimum atomic E-state index is 0.215. The van der Waals surface area contributed by atoms with Crippen molar-refractivity contribution in [2.45, 2.75) is 25.8 Å². The Morgan fingerprint density at radius 2 is 1.89 bits per heavy atom. The van der Waals surface area contributed by atoms with Crippen molar-refractivity contribution in [1.29, 1.82) is 0 Å². The fourth-order valence-corrected chi connectivity index (χ4v) is 2.92. The summed E-state index contributed by atoms with van der Waals surface area (Å²) in [7, 11) is 0. The molecule has 100 valence electrons. The molecule has 1 unspecified atom stereocenters. The van der Waals surface area contributed by atoms with E-state index in [1.165, 1.54) is 12.8 Å². The predicted molar refractivity (Wildman–Crippen MR) is 78.2 cm³/mol. The maximum Gasteiger partial charge on any atom is 0.0471 e. The first-order valence-corrected chi connectivity index (χ1v) is 7.29. The average molecular weight is 287 g/mol. The molecule has 1 aliphatic carbocycles. The summed E-state index contributed by atoms with van der Waals surface area (Å²) in [5.41, 5.74) is 7.07. The van der Waals surface area contributed by atoms with Crippen LogP contribution in [0.15, 0.2) is 18.2 Å². The molecule has 1 aromatic carbocycles. The Labute approximate surface area is 119 Å². The summed E-state index contributed by atoms with van der Waals surface area (Å²) in [6.07, 6.45) is 2.70. The Kier molecular flexibility index (Phi) is 4.91. The molecule has 1 atom stereocenters. The Balaban J connectivity index is 2.18. The number of hydrogen-bond acceptors (Lipinski definition) is 2. The molecule has 0 saturated heterocycles. The zero-order valence-corrected chi connectivity index (χ0v) is 12.2. The van der Waals surface area contributed by atoms with E-state index >= 15 is 0 Å². The summed E-state index contributed by atoms with van der Waals surface area (Å²) in [6, 6.07) is 5.92. The maximum absolute atomic E-state index is 6.07. The van der Waals surface area contributed by atoms with Gasteiger partial charge in [-0.2, -0.15) is 0 Å². The number of rotatable bonds is 6. The van der Waals surface area contributed by atoms with Gasteiger partial charge in [-0.1, -0.05) is 30.1 Å². The van der Waals surface area contributed by atoms with Crippen molar-refractivity contribution in [3.63, 3.8) is 0 Å². The van der Waals surface area contributed by atoms with Crippen molar-refractivity contribution in [3.8, 4) is 0 Å². The number of nitrogens with zero attached hydrogens (tertiary/aromatic N) is 1. The van der Waals surface area contributed by atoms with Gasteiger partial charge in [-0.15, -0.1) is 0 Å². The van der Waals surface area contributed by atoms with Gasteiger partial charge >= 0.3 is 0 Å². The van der Waals surface area contributed by atoms with E-state index in [2.05, 4.69) is 11.8 Å². The second-order valence-electron chi connectivity index (χ2n) is 4.99. The molecule has 1 fully saturated rings. The molecule has 0 heterocycles. The van der Waals surface area contributed by atoms with Gasteiger partial charge in [0, 0.05) is 29.2 Å². The minimum absolute atomic E-state index is 0.215. The molecule has 2 N–H and O–H groups in total. The highest BCUT2D eigenvalue weighted by atomic mass is 35.5. The lowest BCUT2D eigenvalue weighted by Crippen LogP contribution is -2.35. The summed E-state index contributed by atoms with van der Waals surface area (Å²) in [6.45, 7) is 4.90. The molecule has 0 spiro atoms. The second kappa shape index (κ2) is 6.25. The van der Waals surface area contributed by atoms with Crippen LogP contribution in [0.1, 0.15) is 31.4 Å². The van der Waals surface area contributed by atoms with Gasteiger partial charge < -0.3 is 5.73 Å². The third-order valence-corrected chi connectivity index (χ3v) is 3.97. The highest BCUT2D eigenvalue weighted by Gasteiger charge is 2.27. The van der Waals surface area contributed by atoms with E-state index in [-0.39, 0.29) is 6.04 Å². The average Bonchev–Trinajstić information content (AvgIpc) is 3.11. The van der Waals surface area contributed by atoms with Crippen LogP contribution >= 0.6 is 23.2 Å². The molecule has 0 amide bonds. The monoisotopic (exact) mass is 286 g/mol. The number of hydrogen-bond donors (Lipinski definition) is 1. The first-order chi connectivity index (χ1) is 8.63. The van der Waals surface area contributed by atoms with Gasteiger partial charge in [-0.05, 0) is 49.1 Å². The van der Waals surface area contributed by atoms with Crippen LogP contribution in [0.4, 0.5) is 0 Å². The third kappa shape index (κ3) is 3.61. The lowest BCUT2D eigenvalue weighted by atomic mass is 10.0. The van der Waals surface area contributed by atoms with Crippen LogP contribution in [0, 0.1) is 5.92 Å². The highest BCUT2D eigenvalue weighted by molar-refractivity contribution is 6.34. The summed E-state index contributed by atoms with van der Waals surface area (Å²) < 4.78 is 0. The quantitative estimate of drug-likeness (QED) is 0.864. The fourth-order valence-electron chi connectivity index (χ4n) is 2.37. The summed E-state index contributed by atoms with van der Waals surface area (Å²) in [4.78, 5) is 2.43. The number of benzene rings is 1. The molecule has 2 nitrogen and oxygen atoms in total. The molecule has 2 rings (SSSR count). The zero-order chi connectivity index (χ0) is 13.1. The van der Waals surface area contributed by atoms with Gasteiger partial charge in [0.1, 0.15) is 0 Å². The Morgan fingerprint density at radius 1 is 1.28 bits per heavy atom. The van der Waals surface area contributed by atoms with Crippen molar-refractivity contribution < 1.29 is 0 Å². The van der Waals surface area contributed by atoms with E-state index in [1.54, 1.807) is 6.07 Å². The summed E-state index contributed by atoms with van der Waals surface area (Å²) >= 11 is 12.1. The van der Waals surface area contributed by atoms with Crippen molar-refractivity contribution in [3.05, 3.63) is 33.8 Å². The Hall–Kier alpha value is -0.280. The van der Waals surface area contributed by atoms with E-state index in [4.69, 9.17) is 28.9 Å². The standard InChI is InChI=1S/C14H20Cl2N2/c1-2-18(9-10-3-4-10)14(8-17)11-5-12(15)7-13(16)6-11/h5-7,10,14H,2-4,8-9,17H2,1H3. The molecule has 0 radical (unpaired) electrons. The van der Waals surface area contributed by atoms with E-state index in [0.29, 0.717) is 16.6 Å². The van der Waals surface area contributed by atoms with Crippen molar-refractivity contribution in [1.82, 2.24) is 4.90 Å². The van der Waals surface area contributed by atoms with Gasteiger partial charge in [-0.25, -0.2) is 0 Å². The van der Waals surface area contributed by atoms with Crippen molar-refractivity contribution in [2.75, 3.05) is 19.6 Å². The van der Waals surface area contributed by atoms with Crippen LogP contribution in [0.2, 0.25) is 10.0 Å². The van der Waals surface area contributed by atoms with E-state index < -0.39 is 0 Å². The van der Waals surface area contributed by atoms with Crippen LogP contribution in [-0.4, -0.2) is 24.5 Å². The lowest BCUT2D eigenvalue weighted by Gasteiger charge is -2.30. The van der Waals surface area contributed by atoms with Crippen LogP contribution in [0.3, 0.4) is 0 Å². The molecule has 1 aliphatic rings. The molecule has 1 aromatic rings. The normalized spacial score (nSPS) is 17.2. The van der Waals surface area contributed by atoms with Gasteiger partial charge in [0.15, 0.2) is 0 Å². The van der Waals surface area contributed by atoms with E-state index in [0.717, 1.165) is 24.6 Å². The van der Waals surface area contributed by atoms with Crippen LogP contribution in [0.5, 0.6) is 0 Å². The lowest BCUT2D eigenvalue weighted by molar-refractivity contribution is 0.203. The summed E-state index contributed by atoms with van der Waals surface area (Å²) in [5, 5.41) is 1.36. The first kappa shape index (κ1) is 14.1.